The lowest BCUT2D eigenvalue weighted by molar-refractivity contribution is 0.490. The summed E-state index contributed by atoms with van der Waals surface area (Å²) < 4.78 is 0. The van der Waals surface area contributed by atoms with Crippen molar-refractivity contribution in [2.75, 3.05) is 0 Å². The molecule has 43 heavy (non-hydrogen) atoms. The maximum absolute atomic E-state index is 2.47. The normalized spacial score (nSPS) is 13.3. The van der Waals surface area contributed by atoms with E-state index in [9.17, 15) is 0 Å². The molecule has 8 rings (SSSR count). The van der Waals surface area contributed by atoms with Crippen molar-refractivity contribution in [3.63, 3.8) is 0 Å². The minimum Gasteiger partial charge on any atom is -0.0642 e. The maximum atomic E-state index is 2.47. The largest absolute Gasteiger partial charge is 0.0642 e. The van der Waals surface area contributed by atoms with Gasteiger partial charge in [0, 0.05) is 5.41 Å². The van der Waals surface area contributed by atoms with E-state index >= 15 is 0 Å². The molecule has 0 radical (unpaired) electrons. The molecule has 0 atom stereocenters. The van der Waals surface area contributed by atoms with Gasteiger partial charge in [0.1, 0.15) is 0 Å². The molecule has 7 aromatic rings. The summed E-state index contributed by atoms with van der Waals surface area (Å²) in [5.41, 5.74) is 13.4. The second-order valence-corrected chi connectivity index (χ2v) is 12.0. The average molecular weight is 551 g/mol. The molecule has 7 aromatic carbocycles. The number of hydrogen-bond donors (Lipinski definition) is 0. The summed E-state index contributed by atoms with van der Waals surface area (Å²) in [6.45, 7) is 4.68. The first kappa shape index (κ1) is 25.7. The SMILES string of the molecule is CCC1(CC)c2ccccc2-c2ccc(-c3cccc(-c4cccc(-c5ccc6c(ccc7ccccc76)c5)c4)c3)cc21. The molecule has 0 nitrogen and oxygen atoms in total. The van der Waals surface area contributed by atoms with Gasteiger partial charge in [-0.2, -0.15) is 0 Å². The lowest BCUT2D eigenvalue weighted by atomic mass is 9.73. The second-order valence-electron chi connectivity index (χ2n) is 12.0. The second kappa shape index (κ2) is 10.1. The van der Waals surface area contributed by atoms with Crippen LogP contribution in [0.3, 0.4) is 0 Å². The molecule has 0 spiro atoms. The number of benzene rings is 7. The van der Waals surface area contributed by atoms with E-state index in [0.29, 0.717) is 0 Å². The summed E-state index contributed by atoms with van der Waals surface area (Å²) in [7, 11) is 0. The van der Waals surface area contributed by atoms with E-state index in [1.807, 2.05) is 0 Å². The van der Waals surface area contributed by atoms with E-state index in [1.54, 1.807) is 0 Å². The van der Waals surface area contributed by atoms with E-state index in [4.69, 9.17) is 0 Å². The number of rotatable bonds is 5. The lowest BCUT2D eigenvalue weighted by Crippen LogP contribution is -2.23. The van der Waals surface area contributed by atoms with Crippen molar-refractivity contribution in [2.24, 2.45) is 0 Å². The molecule has 0 aliphatic heterocycles. The highest BCUT2D eigenvalue weighted by Gasteiger charge is 2.40. The molecular weight excluding hydrogens is 516 g/mol. The monoisotopic (exact) mass is 550 g/mol. The van der Waals surface area contributed by atoms with Crippen LogP contribution in [0, 0.1) is 0 Å². The van der Waals surface area contributed by atoms with Crippen molar-refractivity contribution in [2.45, 2.75) is 32.1 Å². The van der Waals surface area contributed by atoms with E-state index in [2.05, 4.69) is 159 Å². The minimum absolute atomic E-state index is 0.0834. The zero-order valence-corrected chi connectivity index (χ0v) is 24.8. The Morgan fingerprint density at radius 1 is 0.372 bits per heavy atom. The van der Waals surface area contributed by atoms with Gasteiger partial charge in [0.25, 0.3) is 0 Å². The van der Waals surface area contributed by atoms with Crippen LogP contribution < -0.4 is 0 Å². The highest BCUT2D eigenvalue weighted by molar-refractivity contribution is 6.08. The van der Waals surface area contributed by atoms with Crippen LogP contribution in [0.4, 0.5) is 0 Å². The van der Waals surface area contributed by atoms with E-state index in [0.717, 1.165) is 12.8 Å². The Labute approximate surface area is 254 Å². The summed E-state index contributed by atoms with van der Waals surface area (Å²) in [5.74, 6) is 0. The summed E-state index contributed by atoms with van der Waals surface area (Å²) in [6, 6.07) is 54.1. The molecule has 0 N–H and O–H groups in total. The molecule has 0 heterocycles. The number of hydrogen-bond acceptors (Lipinski definition) is 0. The van der Waals surface area contributed by atoms with Gasteiger partial charge < -0.3 is 0 Å². The van der Waals surface area contributed by atoms with E-state index < -0.39 is 0 Å². The molecule has 0 heteroatoms. The Balaban J connectivity index is 1.17. The fourth-order valence-corrected chi connectivity index (χ4v) is 7.60. The summed E-state index contributed by atoms with van der Waals surface area (Å²) in [4.78, 5) is 0. The molecule has 1 aliphatic carbocycles. The zero-order chi connectivity index (χ0) is 29.0. The van der Waals surface area contributed by atoms with Gasteiger partial charge in [-0.25, -0.2) is 0 Å². The molecule has 0 unspecified atom stereocenters. The van der Waals surface area contributed by atoms with Crippen molar-refractivity contribution in [3.8, 4) is 44.5 Å². The van der Waals surface area contributed by atoms with Crippen LogP contribution in [0.2, 0.25) is 0 Å². The van der Waals surface area contributed by atoms with Crippen LogP contribution in [0.1, 0.15) is 37.8 Å². The van der Waals surface area contributed by atoms with Gasteiger partial charge in [-0.15, -0.1) is 0 Å². The lowest BCUT2D eigenvalue weighted by Gasteiger charge is -2.30. The van der Waals surface area contributed by atoms with Crippen molar-refractivity contribution >= 4 is 21.5 Å². The van der Waals surface area contributed by atoms with E-state index in [-0.39, 0.29) is 5.41 Å². The minimum atomic E-state index is 0.0834. The van der Waals surface area contributed by atoms with Crippen molar-refractivity contribution in [3.05, 3.63) is 157 Å². The van der Waals surface area contributed by atoms with Crippen LogP contribution in [0.5, 0.6) is 0 Å². The maximum Gasteiger partial charge on any atom is 0.0210 e. The quantitative estimate of drug-likeness (QED) is 0.187. The van der Waals surface area contributed by atoms with Gasteiger partial charge in [0.05, 0.1) is 0 Å². The Kier molecular flexibility index (Phi) is 6.05. The highest BCUT2D eigenvalue weighted by Crippen LogP contribution is 2.53. The Morgan fingerprint density at radius 3 is 1.63 bits per heavy atom. The zero-order valence-electron chi connectivity index (χ0n) is 24.8. The van der Waals surface area contributed by atoms with Gasteiger partial charge in [-0.1, -0.05) is 135 Å². The fraction of sp³-hybridized carbons (Fsp3) is 0.116. The molecule has 0 saturated carbocycles. The first-order valence-corrected chi connectivity index (χ1v) is 15.6. The highest BCUT2D eigenvalue weighted by atomic mass is 14.4. The van der Waals surface area contributed by atoms with Crippen molar-refractivity contribution in [1.29, 1.82) is 0 Å². The summed E-state index contributed by atoms with van der Waals surface area (Å²) in [5, 5.41) is 5.17. The first-order valence-electron chi connectivity index (χ1n) is 15.6. The molecule has 0 amide bonds. The predicted molar refractivity (Wildman–Crippen MR) is 185 cm³/mol. The van der Waals surface area contributed by atoms with Gasteiger partial charge in [0.15, 0.2) is 0 Å². The molecule has 0 aromatic heterocycles. The molecule has 1 aliphatic rings. The molecule has 206 valence electrons. The average Bonchev–Trinajstić information content (AvgIpc) is 3.37. The van der Waals surface area contributed by atoms with Gasteiger partial charge in [-0.05, 0) is 114 Å². The van der Waals surface area contributed by atoms with Gasteiger partial charge >= 0.3 is 0 Å². The topological polar surface area (TPSA) is 0 Å². The van der Waals surface area contributed by atoms with Crippen LogP contribution in [0.25, 0.3) is 66.1 Å². The standard InChI is InChI=1S/C43H34/c1-3-43(4-2)41-18-8-7-17-39(41)40-24-22-35(28-42(40)43)33-15-10-13-31(26-33)30-12-9-14-32(25-30)34-21-23-38-36(27-34)20-19-29-11-5-6-16-37(29)38/h5-28H,3-4H2,1-2H3. The molecule has 0 fully saturated rings. The Bertz CT molecular complexity index is 2160. The number of fused-ring (bicyclic) bond motifs is 6. The van der Waals surface area contributed by atoms with Crippen molar-refractivity contribution < 1.29 is 0 Å². The van der Waals surface area contributed by atoms with Crippen LogP contribution in [0.15, 0.2) is 146 Å². The van der Waals surface area contributed by atoms with Crippen molar-refractivity contribution in [1.82, 2.24) is 0 Å². The Hall–Kier alpha value is -4.94. The third-order valence-electron chi connectivity index (χ3n) is 9.95. The molecule has 0 saturated heterocycles. The molecular formula is C43H34. The third-order valence-corrected chi connectivity index (χ3v) is 9.95. The first-order chi connectivity index (χ1) is 21.2. The van der Waals surface area contributed by atoms with Crippen LogP contribution >= 0.6 is 0 Å². The molecule has 0 bridgehead atoms. The van der Waals surface area contributed by atoms with Gasteiger partial charge in [0.2, 0.25) is 0 Å². The van der Waals surface area contributed by atoms with Gasteiger partial charge in [-0.3, -0.25) is 0 Å². The Morgan fingerprint density at radius 2 is 0.907 bits per heavy atom. The summed E-state index contributed by atoms with van der Waals surface area (Å²) >= 11 is 0. The predicted octanol–water partition coefficient (Wildman–Crippen LogP) is 12.1. The van der Waals surface area contributed by atoms with Crippen LogP contribution in [-0.4, -0.2) is 0 Å². The summed E-state index contributed by atoms with van der Waals surface area (Å²) in [6.07, 6.45) is 2.21. The smallest absolute Gasteiger partial charge is 0.0210 e. The third kappa shape index (κ3) is 4.05. The van der Waals surface area contributed by atoms with Crippen LogP contribution in [-0.2, 0) is 5.41 Å². The fourth-order valence-electron chi connectivity index (χ4n) is 7.60. The van der Waals surface area contributed by atoms with E-state index in [1.165, 1.54) is 77.2 Å².